The zero-order chi connectivity index (χ0) is 11.1. The van der Waals surface area contributed by atoms with Crippen LogP contribution in [0.2, 0.25) is 0 Å². The summed E-state index contributed by atoms with van der Waals surface area (Å²) in [7, 11) is 0. The highest BCUT2D eigenvalue weighted by Gasteiger charge is 2.25. The second kappa shape index (κ2) is 6.40. The zero-order valence-electron chi connectivity index (χ0n) is 9.29. The highest BCUT2D eigenvalue weighted by molar-refractivity contribution is 5.83. The molecule has 82 valence electrons. The first kappa shape index (κ1) is 12.9. The Hall–Kier alpha value is -1.06. The van der Waals surface area contributed by atoms with Crippen LogP contribution in [0.25, 0.3) is 0 Å². The van der Waals surface area contributed by atoms with Crippen molar-refractivity contribution in [1.82, 2.24) is 5.32 Å². The normalized spacial score (nSPS) is 14.3. The Morgan fingerprint density at radius 1 is 1.36 bits per heavy atom. The molecule has 0 heterocycles. The molecule has 0 aromatic heterocycles. The quantitative estimate of drug-likeness (QED) is 0.678. The van der Waals surface area contributed by atoms with E-state index in [1.54, 1.807) is 6.92 Å². The van der Waals surface area contributed by atoms with Gasteiger partial charge in [0.1, 0.15) is 6.04 Å². The van der Waals surface area contributed by atoms with Gasteiger partial charge in [-0.15, -0.1) is 0 Å². The van der Waals surface area contributed by atoms with Crippen molar-refractivity contribution >= 4 is 11.9 Å². The van der Waals surface area contributed by atoms with Crippen LogP contribution < -0.4 is 5.32 Å². The molecule has 0 aliphatic rings. The maximum absolute atomic E-state index is 11.4. The van der Waals surface area contributed by atoms with E-state index in [4.69, 9.17) is 4.74 Å². The second-order valence-corrected chi connectivity index (χ2v) is 3.32. The Morgan fingerprint density at radius 3 is 2.29 bits per heavy atom. The minimum atomic E-state index is -0.516. The highest BCUT2D eigenvalue weighted by atomic mass is 16.5. The molecule has 4 heteroatoms. The third-order valence-corrected chi connectivity index (χ3v) is 2.11. The van der Waals surface area contributed by atoms with Crippen LogP contribution in [0, 0.1) is 5.92 Å². The van der Waals surface area contributed by atoms with Gasteiger partial charge in [0.2, 0.25) is 5.91 Å². The summed E-state index contributed by atoms with van der Waals surface area (Å²) in [5.74, 6) is -0.460. The lowest BCUT2D eigenvalue weighted by molar-refractivity contribution is -0.148. The number of carbonyl (C=O) groups excluding carboxylic acids is 2. The van der Waals surface area contributed by atoms with Gasteiger partial charge in [0.15, 0.2) is 0 Å². The van der Waals surface area contributed by atoms with Gasteiger partial charge in [0, 0.05) is 6.92 Å². The molecule has 0 aromatic rings. The lowest BCUT2D eigenvalue weighted by Gasteiger charge is -2.21. The Labute approximate surface area is 85.0 Å². The molecule has 14 heavy (non-hydrogen) atoms. The number of esters is 1. The van der Waals surface area contributed by atoms with Crippen LogP contribution in [0.15, 0.2) is 0 Å². The van der Waals surface area contributed by atoms with Crippen molar-refractivity contribution < 1.29 is 14.3 Å². The van der Waals surface area contributed by atoms with E-state index in [2.05, 4.69) is 5.32 Å². The number of rotatable bonds is 5. The van der Waals surface area contributed by atoms with Crippen LogP contribution in [0.3, 0.4) is 0 Å². The van der Waals surface area contributed by atoms with Gasteiger partial charge in [-0.3, -0.25) is 4.79 Å². The van der Waals surface area contributed by atoms with E-state index >= 15 is 0 Å². The van der Waals surface area contributed by atoms with Crippen LogP contribution in [0.1, 0.15) is 34.1 Å². The van der Waals surface area contributed by atoms with Crippen LogP contribution in [0.4, 0.5) is 0 Å². The summed E-state index contributed by atoms with van der Waals surface area (Å²) in [4.78, 5) is 22.3. The molecule has 0 spiro atoms. The summed E-state index contributed by atoms with van der Waals surface area (Å²) in [6, 6.07) is -0.516. The molecule has 1 amide bonds. The van der Waals surface area contributed by atoms with Gasteiger partial charge < -0.3 is 10.1 Å². The lowest BCUT2D eigenvalue weighted by atomic mass is 9.99. The molecule has 0 saturated carbocycles. The van der Waals surface area contributed by atoms with Gasteiger partial charge in [-0.1, -0.05) is 20.3 Å². The molecule has 0 bridgehead atoms. The van der Waals surface area contributed by atoms with Gasteiger partial charge in [-0.2, -0.15) is 0 Å². The van der Waals surface area contributed by atoms with Crippen molar-refractivity contribution in [2.45, 2.75) is 40.2 Å². The first-order chi connectivity index (χ1) is 6.52. The molecule has 4 nitrogen and oxygen atoms in total. The second-order valence-electron chi connectivity index (χ2n) is 3.32. The van der Waals surface area contributed by atoms with Crippen molar-refractivity contribution in [3.05, 3.63) is 0 Å². The van der Waals surface area contributed by atoms with Crippen molar-refractivity contribution in [3.8, 4) is 0 Å². The smallest absolute Gasteiger partial charge is 0.328 e. The highest BCUT2D eigenvalue weighted by Crippen LogP contribution is 2.09. The summed E-state index contributed by atoms with van der Waals surface area (Å²) in [5, 5.41) is 2.60. The fourth-order valence-electron chi connectivity index (χ4n) is 1.12. The predicted molar refractivity (Wildman–Crippen MR) is 53.7 cm³/mol. The number of hydrogen-bond donors (Lipinski definition) is 1. The molecule has 0 radical (unpaired) electrons. The summed E-state index contributed by atoms with van der Waals surface area (Å²) >= 11 is 0. The molecule has 2 unspecified atom stereocenters. The maximum Gasteiger partial charge on any atom is 0.328 e. The van der Waals surface area contributed by atoms with Gasteiger partial charge in [-0.25, -0.2) is 4.79 Å². The Bertz CT molecular complexity index is 204. The summed E-state index contributed by atoms with van der Waals surface area (Å²) in [5.41, 5.74) is 0. The van der Waals surface area contributed by atoms with E-state index in [0.717, 1.165) is 6.42 Å². The van der Waals surface area contributed by atoms with Crippen molar-refractivity contribution in [2.75, 3.05) is 6.61 Å². The number of nitrogens with one attached hydrogen (secondary N) is 1. The molecular weight excluding hydrogens is 182 g/mol. The van der Waals surface area contributed by atoms with Crippen LogP contribution in [0.5, 0.6) is 0 Å². The van der Waals surface area contributed by atoms with Crippen molar-refractivity contribution in [2.24, 2.45) is 5.92 Å². The van der Waals surface area contributed by atoms with E-state index in [-0.39, 0.29) is 17.8 Å². The van der Waals surface area contributed by atoms with E-state index in [1.807, 2.05) is 13.8 Å². The molecule has 0 aliphatic heterocycles. The molecule has 0 saturated heterocycles. The molecule has 1 N–H and O–H groups in total. The fraction of sp³-hybridized carbons (Fsp3) is 0.800. The number of hydrogen-bond acceptors (Lipinski definition) is 3. The van der Waals surface area contributed by atoms with E-state index in [1.165, 1.54) is 6.92 Å². The third-order valence-electron chi connectivity index (χ3n) is 2.11. The summed E-state index contributed by atoms with van der Waals surface area (Å²) in [6.45, 7) is 7.37. The number of carbonyl (C=O) groups is 2. The first-order valence-electron chi connectivity index (χ1n) is 4.96. The van der Waals surface area contributed by atoms with Crippen molar-refractivity contribution in [1.29, 1.82) is 0 Å². The standard InChI is InChI=1S/C10H19NO3/c1-5-7(3)9(11-8(4)12)10(13)14-6-2/h7,9H,5-6H2,1-4H3,(H,11,12). The van der Waals surface area contributed by atoms with Gasteiger partial charge >= 0.3 is 5.97 Å². The van der Waals surface area contributed by atoms with E-state index in [9.17, 15) is 9.59 Å². The van der Waals surface area contributed by atoms with Crippen molar-refractivity contribution in [3.63, 3.8) is 0 Å². The minimum Gasteiger partial charge on any atom is -0.464 e. The average molecular weight is 201 g/mol. The topological polar surface area (TPSA) is 55.4 Å². The third kappa shape index (κ3) is 4.25. The number of ether oxygens (including phenoxy) is 1. The zero-order valence-corrected chi connectivity index (χ0v) is 9.29. The molecule has 0 rings (SSSR count). The molecule has 0 aromatic carbocycles. The van der Waals surface area contributed by atoms with Gasteiger partial charge in [0.25, 0.3) is 0 Å². The SMILES string of the molecule is CCOC(=O)C(NC(C)=O)C(C)CC. The largest absolute Gasteiger partial charge is 0.464 e. The lowest BCUT2D eigenvalue weighted by Crippen LogP contribution is -2.45. The molecular formula is C10H19NO3. The molecule has 0 fully saturated rings. The Kier molecular flexibility index (Phi) is 5.92. The van der Waals surface area contributed by atoms with E-state index in [0.29, 0.717) is 6.61 Å². The predicted octanol–water partition coefficient (Wildman–Crippen LogP) is 1.10. The first-order valence-corrected chi connectivity index (χ1v) is 4.96. The molecule has 2 atom stereocenters. The van der Waals surface area contributed by atoms with E-state index < -0.39 is 6.04 Å². The maximum atomic E-state index is 11.4. The monoisotopic (exact) mass is 201 g/mol. The molecule has 0 aliphatic carbocycles. The Balaban J connectivity index is 4.37. The van der Waals surface area contributed by atoms with Gasteiger partial charge in [0.05, 0.1) is 6.61 Å². The minimum absolute atomic E-state index is 0.0953. The Morgan fingerprint density at radius 2 is 1.93 bits per heavy atom. The van der Waals surface area contributed by atoms with Crippen LogP contribution in [-0.4, -0.2) is 24.5 Å². The number of amides is 1. The van der Waals surface area contributed by atoms with Crippen LogP contribution in [-0.2, 0) is 14.3 Å². The fourth-order valence-corrected chi connectivity index (χ4v) is 1.12. The van der Waals surface area contributed by atoms with Gasteiger partial charge in [-0.05, 0) is 12.8 Å². The average Bonchev–Trinajstić information content (AvgIpc) is 2.13. The summed E-state index contributed by atoms with van der Waals surface area (Å²) < 4.78 is 4.87. The summed E-state index contributed by atoms with van der Waals surface area (Å²) in [6.07, 6.45) is 0.823. The van der Waals surface area contributed by atoms with Crippen LogP contribution >= 0.6 is 0 Å².